The van der Waals surface area contributed by atoms with Gasteiger partial charge in [-0.05, 0) is 42.8 Å². The van der Waals surface area contributed by atoms with Crippen molar-refractivity contribution in [3.05, 3.63) is 54.6 Å². The third-order valence-corrected chi connectivity index (χ3v) is 4.82. The Morgan fingerprint density at radius 2 is 1.67 bits per heavy atom. The third kappa shape index (κ3) is 4.89. The SMILES string of the molecule is CCC(N)C(=O)CNS(=O)(=O)c1ccc(Oc2ccccc2)cc1. The monoisotopic (exact) mass is 348 g/mol. The highest BCUT2D eigenvalue weighted by Crippen LogP contribution is 2.22. The smallest absolute Gasteiger partial charge is 0.240 e. The minimum absolute atomic E-state index is 0.0563. The van der Waals surface area contributed by atoms with Crippen molar-refractivity contribution in [2.45, 2.75) is 24.3 Å². The number of hydrogen-bond donors (Lipinski definition) is 2. The van der Waals surface area contributed by atoms with E-state index >= 15 is 0 Å². The van der Waals surface area contributed by atoms with Crippen molar-refractivity contribution in [3.63, 3.8) is 0 Å². The zero-order valence-corrected chi connectivity index (χ0v) is 14.1. The molecular formula is C17H20N2O4S. The van der Waals surface area contributed by atoms with Gasteiger partial charge in [0.2, 0.25) is 10.0 Å². The fourth-order valence-electron chi connectivity index (χ4n) is 1.92. The Labute approximate surface area is 141 Å². The standard InChI is InChI=1S/C17H20N2O4S/c1-2-16(18)17(20)12-19-24(21,22)15-10-8-14(9-11-15)23-13-6-4-3-5-7-13/h3-11,16,19H,2,12,18H2,1H3. The average molecular weight is 348 g/mol. The second-order valence-electron chi connectivity index (χ2n) is 5.19. The fourth-order valence-corrected chi connectivity index (χ4v) is 2.91. The lowest BCUT2D eigenvalue weighted by atomic mass is 10.1. The number of ether oxygens (including phenoxy) is 1. The second-order valence-corrected chi connectivity index (χ2v) is 6.96. The molecule has 0 fully saturated rings. The van der Waals surface area contributed by atoms with Crippen molar-refractivity contribution in [2.75, 3.05) is 6.54 Å². The summed E-state index contributed by atoms with van der Waals surface area (Å²) < 4.78 is 32.2. The summed E-state index contributed by atoms with van der Waals surface area (Å²) in [6.07, 6.45) is 0.464. The van der Waals surface area contributed by atoms with Gasteiger partial charge in [-0.3, -0.25) is 4.79 Å². The third-order valence-electron chi connectivity index (χ3n) is 3.40. The molecule has 0 saturated carbocycles. The van der Waals surface area contributed by atoms with Gasteiger partial charge in [-0.2, -0.15) is 0 Å². The van der Waals surface area contributed by atoms with Gasteiger partial charge in [-0.25, -0.2) is 13.1 Å². The molecule has 0 aliphatic carbocycles. The van der Waals surface area contributed by atoms with E-state index in [0.717, 1.165) is 0 Å². The number of ketones is 1. The van der Waals surface area contributed by atoms with Crippen molar-refractivity contribution in [3.8, 4) is 11.5 Å². The van der Waals surface area contributed by atoms with Gasteiger partial charge >= 0.3 is 0 Å². The Hall–Kier alpha value is -2.22. The van der Waals surface area contributed by atoms with E-state index in [1.165, 1.54) is 12.1 Å². The van der Waals surface area contributed by atoms with Crippen LogP contribution < -0.4 is 15.2 Å². The zero-order chi connectivity index (χ0) is 17.6. The highest BCUT2D eigenvalue weighted by molar-refractivity contribution is 7.89. The number of nitrogens with two attached hydrogens (primary N) is 1. The van der Waals surface area contributed by atoms with Crippen LogP contribution >= 0.6 is 0 Å². The molecule has 0 heterocycles. The maximum atomic E-state index is 12.2. The predicted molar refractivity (Wildman–Crippen MR) is 91.4 cm³/mol. The number of rotatable bonds is 8. The molecule has 2 aromatic rings. The van der Waals surface area contributed by atoms with E-state index in [4.69, 9.17) is 10.5 Å². The number of carbonyl (C=O) groups is 1. The number of nitrogens with one attached hydrogen (secondary N) is 1. The first-order chi connectivity index (χ1) is 11.4. The molecule has 0 amide bonds. The predicted octanol–water partition coefficient (Wildman–Crippen LogP) is 2.06. The van der Waals surface area contributed by atoms with Gasteiger partial charge in [-0.15, -0.1) is 0 Å². The topological polar surface area (TPSA) is 98.5 Å². The van der Waals surface area contributed by atoms with Gasteiger partial charge in [0.1, 0.15) is 11.5 Å². The fraction of sp³-hybridized carbons (Fsp3) is 0.235. The molecule has 7 heteroatoms. The highest BCUT2D eigenvalue weighted by atomic mass is 32.2. The lowest BCUT2D eigenvalue weighted by Crippen LogP contribution is -2.39. The van der Waals surface area contributed by atoms with Crippen LogP contribution in [0.25, 0.3) is 0 Å². The van der Waals surface area contributed by atoms with Crippen LogP contribution in [0.3, 0.4) is 0 Å². The van der Waals surface area contributed by atoms with Crippen molar-refractivity contribution >= 4 is 15.8 Å². The van der Waals surface area contributed by atoms with Crippen LogP contribution in [0.4, 0.5) is 0 Å². The summed E-state index contributed by atoms with van der Waals surface area (Å²) in [5.41, 5.74) is 5.58. The molecule has 2 aromatic carbocycles. The van der Waals surface area contributed by atoms with Gasteiger partial charge < -0.3 is 10.5 Å². The lowest BCUT2D eigenvalue weighted by molar-refractivity contribution is -0.119. The quantitative estimate of drug-likeness (QED) is 0.761. The maximum Gasteiger partial charge on any atom is 0.240 e. The summed E-state index contributed by atoms with van der Waals surface area (Å²) in [6.45, 7) is 1.45. The summed E-state index contributed by atoms with van der Waals surface area (Å²) in [6, 6.07) is 14.5. The Kier molecular flexibility index (Phi) is 6.08. The van der Waals surface area contributed by atoms with E-state index in [-0.39, 0.29) is 17.2 Å². The van der Waals surface area contributed by atoms with E-state index in [9.17, 15) is 13.2 Å². The van der Waals surface area contributed by atoms with Crippen molar-refractivity contribution < 1.29 is 17.9 Å². The van der Waals surface area contributed by atoms with Crippen LogP contribution in [0.1, 0.15) is 13.3 Å². The van der Waals surface area contributed by atoms with Gasteiger partial charge in [0.15, 0.2) is 5.78 Å². The first kappa shape index (κ1) is 18.1. The Morgan fingerprint density at radius 3 is 2.25 bits per heavy atom. The average Bonchev–Trinajstić information content (AvgIpc) is 2.60. The number of sulfonamides is 1. The number of carbonyl (C=O) groups excluding carboxylic acids is 1. The molecule has 0 bridgehead atoms. The molecule has 0 aromatic heterocycles. The van der Waals surface area contributed by atoms with E-state index in [2.05, 4.69) is 4.72 Å². The molecule has 1 unspecified atom stereocenters. The summed E-state index contributed by atoms with van der Waals surface area (Å²) in [5.74, 6) is 0.833. The molecular weight excluding hydrogens is 328 g/mol. The summed E-state index contributed by atoms with van der Waals surface area (Å²) in [5, 5.41) is 0. The normalized spacial score (nSPS) is 12.6. The minimum Gasteiger partial charge on any atom is -0.457 e. The van der Waals surface area contributed by atoms with Gasteiger partial charge in [0.25, 0.3) is 0 Å². The first-order valence-corrected chi connectivity index (χ1v) is 9.01. The van der Waals surface area contributed by atoms with Crippen LogP contribution in [0.15, 0.2) is 59.5 Å². The van der Waals surface area contributed by atoms with Crippen LogP contribution in [0.2, 0.25) is 0 Å². The lowest BCUT2D eigenvalue weighted by Gasteiger charge is -2.10. The van der Waals surface area contributed by atoms with Crippen LogP contribution in [-0.2, 0) is 14.8 Å². The maximum absolute atomic E-state index is 12.2. The highest BCUT2D eigenvalue weighted by Gasteiger charge is 2.18. The molecule has 128 valence electrons. The van der Waals surface area contributed by atoms with Gasteiger partial charge in [0, 0.05) is 0 Å². The number of para-hydroxylation sites is 1. The summed E-state index contributed by atoms with van der Waals surface area (Å²) in [4.78, 5) is 11.7. The van der Waals surface area contributed by atoms with Crippen molar-refractivity contribution in [1.82, 2.24) is 4.72 Å². The molecule has 0 radical (unpaired) electrons. The molecule has 6 nitrogen and oxygen atoms in total. The minimum atomic E-state index is -3.77. The zero-order valence-electron chi connectivity index (χ0n) is 13.3. The van der Waals surface area contributed by atoms with Gasteiger partial charge in [-0.1, -0.05) is 25.1 Å². The molecule has 3 N–H and O–H groups in total. The van der Waals surface area contributed by atoms with E-state index in [1.807, 2.05) is 18.2 Å². The Bertz CT molecular complexity index is 774. The number of benzene rings is 2. The van der Waals surface area contributed by atoms with E-state index in [0.29, 0.717) is 17.9 Å². The van der Waals surface area contributed by atoms with Crippen LogP contribution in [0, 0.1) is 0 Å². The summed E-state index contributed by atoms with van der Waals surface area (Å²) in [7, 11) is -3.77. The van der Waals surface area contributed by atoms with Gasteiger partial charge in [0.05, 0.1) is 17.5 Å². The molecule has 24 heavy (non-hydrogen) atoms. The number of Topliss-reactive ketones (excluding diaryl/α,β-unsaturated/α-hetero) is 1. The second kappa shape index (κ2) is 8.05. The van der Waals surface area contributed by atoms with Crippen molar-refractivity contribution in [2.24, 2.45) is 5.73 Å². The summed E-state index contributed by atoms with van der Waals surface area (Å²) >= 11 is 0. The molecule has 1 atom stereocenters. The first-order valence-electron chi connectivity index (χ1n) is 7.53. The molecule has 0 aliphatic heterocycles. The molecule has 0 spiro atoms. The Morgan fingerprint density at radius 1 is 1.08 bits per heavy atom. The van der Waals surface area contributed by atoms with E-state index in [1.54, 1.807) is 31.2 Å². The Balaban J connectivity index is 2.02. The molecule has 2 rings (SSSR count). The number of hydrogen-bond acceptors (Lipinski definition) is 5. The van der Waals surface area contributed by atoms with Crippen LogP contribution in [0.5, 0.6) is 11.5 Å². The largest absolute Gasteiger partial charge is 0.457 e. The van der Waals surface area contributed by atoms with E-state index < -0.39 is 16.1 Å². The molecule has 0 saturated heterocycles. The molecule has 0 aliphatic rings. The van der Waals surface area contributed by atoms with Crippen LogP contribution in [-0.4, -0.2) is 26.8 Å². The van der Waals surface area contributed by atoms with Crippen molar-refractivity contribution in [1.29, 1.82) is 0 Å².